The Balaban J connectivity index is 1.83. The van der Waals surface area contributed by atoms with Gasteiger partial charge < -0.3 is 19.9 Å². The van der Waals surface area contributed by atoms with E-state index in [0.717, 1.165) is 23.8 Å². The van der Waals surface area contributed by atoms with Crippen LogP contribution in [-0.4, -0.2) is 46.2 Å². The maximum atomic E-state index is 13.1. The van der Waals surface area contributed by atoms with E-state index in [1.807, 2.05) is 0 Å². The number of carbonyl (C=O) groups is 2. The molecule has 3 rings (SSSR count). The number of rotatable bonds is 10. The number of nitrogens with one attached hydrogen (secondary N) is 2. The van der Waals surface area contributed by atoms with Crippen LogP contribution in [0.5, 0.6) is 11.5 Å². The summed E-state index contributed by atoms with van der Waals surface area (Å²) < 4.78 is 77.7. The zero-order chi connectivity index (χ0) is 28.1. The number of aromatic carboxylic acids is 1. The number of methoxy groups -OCH3 is 2. The van der Waals surface area contributed by atoms with Gasteiger partial charge in [0.25, 0.3) is 15.9 Å². The van der Waals surface area contributed by atoms with E-state index in [1.54, 1.807) is 12.1 Å². The first-order chi connectivity index (χ1) is 17.9. The van der Waals surface area contributed by atoms with Crippen molar-refractivity contribution >= 4 is 27.6 Å². The standard InChI is InChI=1S/C25H23F3N2O7S/c1-36-21-13-17(23(31)29-11-10-15-6-8-16(9-7-15)24(32)33)12-20(22(21)37-2)30-38(34,35)19-5-3-4-18(14-19)25(26,27)28/h3-9,12-14,30H,10-11H2,1-2H3,(H,29,31)(H,32,33). The molecule has 3 aromatic carbocycles. The Morgan fingerprint density at radius 1 is 0.947 bits per heavy atom. The van der Waals surface area contributed by atoms with E-state index in [-0.39, 0.29) is 34.9 Å². The van der Waals surface area contributed by atoms with Crippen molar-refractivity contribution in [2.24, 2.45) is 0 Å². The first kappa shape index (κ1) is 28.3. The number of anilines is 1. The maximum absolute atomic E-state index is 13.1. The maximum Gasteiger partial charge on any atom is 0.416 e. The van der Waals surface area contributed by atoms with Crippen LogP contribution in [0, 0.1) is 0 Å². The molecule has 0 aliphatic heterocycles. The number of amides is 1. The number of carboxylic acid groups (broad SMARTS) is 1. The van der Waals surface area contributed by atoms with Crippen molar-refractivity contribution in [1.29, 1.82) is 0 Å². The number of carboxylic acids is 1. The van der Waals surface area contributed by atoms with Crippen LogP contribution < -0.4 is 19.5 Å². The molecular weight excluding hydrogens is 529 g/mol. The van der Waals surface area contributed by atoms with Crippen LogP contribution in [0.15, 0.2) is 65.6 Å². The first-order valence-electron chi connectivity index (χ1n) is 10.9. The van der Waals surface area contributed by atoms with Crippen molar-refractivity contribution in [1.82, 2.24) is 5.32 Å². The number of benzene rings is 3. The lowest BCUT2D eigenvalue weighted by Crippen LogP contribution is -2.26. The summed E-state index contributed by atoms with van der Waals surface area (Å²) >= 11 is 0. The molecular formula is C25H23F3N2O7S. The van der Waals surface area contributed by atoms with Crippen LogP contribution in [0.25, 0.3) is 0 Å². The molecule has 0 bridgehead atoms. The SMILES string of the molecule is COc1cc(C(=O)NCCc2ccc(C(=O)O)cc2)cc(NS(=O)(=O)c2cccc(C(F)(F)F)c2)c1OC. The highest BCUT2D eigenvalue weighted by atomic mass is 32.2. The van der Waals surface area contributed by atoms with Gasteiger partial charge in [-0.25, -0.2) is 13.2 Å². The number of alkyl halides is 3. The molecule has 9 nitrogen and oxygen atoms in total. The van der Waals surface area contributed by atoms with Crippen LogP contribution in [0.4, 0.5) is 18.9 Å². The summed E-state index contributed by atoms with van der Waals surface area (Å²) in [6.45, 7) is 0.172. The number of ether oxygens (including phenoxy) is 2. The van der Waals surface area contributed by atoms with E-state index < -0.39 is 38.5 Å². The molecule has 0 atom stereocenters. The fraction of sp³-hybridized carbons (Fsp3) is 0.200. The van der Waals surface area contributed by atoms with Crippen LogP contribution in [0.3, 0.4) is 0 Å². The third-order valence-corrected chi connectivity index (χ3v) is 6.72. The summed E-state index contributed by atoms with van der Waals surface area (Å²) in [6.07, 6.45) is -4.36. The van der Waals surface area contributed by atoms with Crippen molar-refractivity contribution in [3.8, 4) is 11.5 Å². The highest BCUT2D eigenvalue weighted by molar-refractivity contribution is 7.92. The minimum atomic E-state index is -4.75. The van der Waals surface area contributed by atoms with E-state index in [1.165, 1.54) is 38.5 Å². The van der Waals surface area contributed by atoms with Gasteiger partial charge in [0, 0.05) is 12.1 Å². The third kappa shape index (κ3) is 6.73. The van der Waals surface area contributed by atoms with Crippen LogP contribution in [-0.2, 0) is 22.6 Å². The molecule has 0 saturated heterocycles. The van der Waals surface area contributed by atoms with Gasteiger partial charge in [0.15, 0.2) is 11.5 Å². The summed E-state index contributed by atoms with van der Waals surface area (Å²) in [5.41, 5.74) is -0.472. The highest BCUT2D eigenvalue weighted by Gasteiger charge is 2.32. The molecule has 0 heterocycles. The Kier molecular flexibility index (Phi) is 8.51. The lowest BCUT2D eigenvalue weighted by Gasteiger charge is -2.17. The molecule has 0 aliphatic carbocycles. The van der Waals surface area contributed by atoms with Gasteiger partial charge in [-0.3, -0.25) is 9.52 Å². The van der Waals surface area contributed by atoms with Gasteiger partial charge in [0.05, 0.1) is 35.9 Å². The molecule has 0 radical (unpaired) electrons. The number of sulfonamides is 1. The predicted molar refractivity (Wildman–Crippen MR) is 131 cm³/mol. The number of carbonyl (C=O) groups excluding carboxylic acids is 1. The van der Waals surface area contributed by atoms with E-state index in [2.05, 4.69) is 10.0 Å². The minimum Gasteiger partial charge on any atom is -0.493 e. The second-order valence-corrected chi connectivity index (χ2v) is 9.58. The van der Waals surface area contributed by atoms with E-state index in [9.17, 15) is 31.2 Å². The van der Waals surface area contributed by atoms with Crippen molar-refractivity contribution in [3.63, 3.8) is 0 Å². The topological polar surface area (TPSA) is 131 Å². The average Bonchev–Trinajstić information content (AvgIpc) is 2.87. The molecule has 0 spiro atoms. The first-order valence-corrected chi connectivity index (χ1v) is 12.4. The van der Waals surface area contributed by atoms with Crippen LogP contribution in [0.1, 0.15) is 31.8 Å². The molecule has 38 heavy (non-hydrogen) atoms. The summed E-state index contributed by atoms with van der Waals surface area (Å²) in [5, 5.41) is 11.6. The zero-order valence-corrected chi connectivity index (χ0v) is 20.9. The minimum absolute atomic E-state index is 0.00570. The van der Waals surface area contributed by atoms with Gasteiger partial charge >= 0.3 is 12.1 Å². The quantitative estimate of drug-likeness (QED) is 0.344. The Labute approximate surface area is 216 Å². The third-order valence-electron chi connectivity index (χ3n) is 5.36. The van der Waals surface area contributed by atoms with E-state index in [0.29, 0.717) is 12.5 Å². The normalized spacial score (nSPS) is 11.5. The van der Waals surface area contributed by atoms with E-state index in [4.69, 9.17) is 14.6 Å². The molecule has 0 saturated carbocycles. The summed E-state index contributed by atoms with van der Waals surface area (Å²) in [7, 11) is -2.02. The Morgan fingerprint density at radius 2 is 1.63 bits per heavy atom. The zero-order valence-electron chi connectivity index (χ0n) is 20.1. The number of halogens is 3. The molecule has 0 fully saturated rings. The molecule has 1 amide bonds. The fourth-order valence-electron chi connectivity index (χ4n) is 3.45. The summed E-state index contributed by atoms with van der Waals surface area (Å²) in [4.78, 5) is 23.1. The Hall–Kier alpha value is -4.26. The summed E-state index contributed by atoms with van der Waals surface area (Å²) in [6, 6.07) is 11.8. The largest absolute Gasteiger partial charge is 0.493 e. The highest BCUT2D eigenvalue weighted by Crippen LogP contribution is 2.38. The average molecular weight is 553 g/mol. The summed E-state index contributed by atoms with van der Waals surface area (Å²) in [5.74, 6) is -1.73. The van der Waals surface area contributed by atoms with Gasteiger partial charge in [-0.15, -0.1) is 0 Å². The van der Waals surface area contributed by atoms with Crippen LogP contribution in [0.2, 0.25) is 0 Å². The molecule has 202 valence electrons. The van der Waals surface area contributed by atoms with Crippen molar-refractivity contribution in [3.05, 3.63) is 82.9 Å². The lowest BCUT2D eigenvalue weighted by atomic mass is 10.1. The van der Waals surface area contributed by atoms with Crippen LogP contribution >= 0.6 is 0 Å². The molecule has 0 aromatic heterocycles. The fourth-order valence-corrected chi connectivity index (χ4v) is 4.55. The molecule has 3 aromatic rings. The predicted octanol–water partition coefficient (Wildman–Crippen LogP) is 4.19. The van der Waals surface area contributed by atoms with Gasteiger partial charge in [-0.2, -0.15) is 13.2 Å². The Bertz CT molecular complexity index is 1440. The molecule has 0 aliphatic rings. The smallest absolute Gasteiger partial charge is 0.416 e. The van der Waals surface area contributed by atoms with Gasteiger partial charge in [-0.1, -0.05) is 18.2 Å². The van der Waals surface area contributed by atoms with Gasteiger partial charge in [-0.05, 0) is 54.4 Å². The van der Waals surface area contributed by atoms with Crippen molar-refractivity contribution in [2.45, 2.75) is 17.5 Å². The number of hydrogen-bond donors (Lipinski definition) is 3. The second-order valence-electron chi connectivity index (χ2n) is 7.90. The molecule has 0 unspecified atom stereocenters. The number of hydrogen-bond acceptors (Lipinski definition) is 6. The monoisotopic (exact) mass is 552 g/mol. The van der Waals surface area contributed by atoms with E-state index >= 15 is 0 Å². The van der Waals surface area contributed by atoms with Gasteiger partial charge in [0.1, 0.15) is 0 Å². The Morgan fingerprint density at radius 3 is 2.21 bits per heavy atom. The van der Waals surface area contributed by atoms with Crippen molar-refractivity contribution in [2.75, 3.05) is 25.5 Å². The van der Waals surface area contributed by atoms with Gasteiger partial charge in [0.2, 0.25) is 0 Å². The molecule has 3 N–H and O–H groups in total. The molecule has 13 heteroatoms. The lowest BCUT2D eigenvalue weighted by molar-refractivity contribution is -0.137. The second kappa shape index (κ2) is 11.4. The van der Waals surface area contributed by atoms with Crippen molar-refractivity contribution < 1.29 is 45.8 Å².